The molecule has 4 fully saturated rings. The van der Waals surface area contributed by atoms with Crippen LogP contribution in [0.2, 0.25) is 0 Å². The maximum Gasteiger partial charge on any atom is 0.164 e. The summed E-state index contributed by atoms with van der Waals surface area (Å²) in [5.41, 5.74) is 5.92. The van der Waals surface area contributed by atoms with Gasteiger partial charge in [0.15, 0.2) is 23.1 Å². The van der Waals surface area contributed by atoms with Gasteiger partial charge in [0.2, 0.25) is 0 Å². The molecule has 21 heteroatoms. The Bertz CT molecular complexity index is 4030. The minimum absolute atomic E-state index is 0.0110. The molecule has 0 amide bonds. The zero-order valence-electron chi connectivity index (χ0n) is 74.1. The molecule has 650 valence electrons. The van der Waals surface area contributed by atoms with Gasteiger partial charge in [0.25, 0.3) is 0 Å². The van der Waals surface area contributed by atoms with Crippen LogP contribution in [0.25, 0.3) is 0 Å². The Morgan fingerprint density at radius 3 is 0.583 bits per heavy atom. The van der Waals surface area contributed by atoms with E-state index in [1.54, 1.807) is 0 Å². The van der Waals surface area contributed by atoms with Crippen LogP contribution in [-0.2, 0) is 66.2 Å². The fourth-order valence-electron chi connectivity index (χ4n) is 14.4. The number of hydrogen-bond acceptors (Lipinski definition) is 21. The fourth-order valence-corrected chi connectivity index (χ4v) is 14.4. The number of rotatable bonds is 39. The predicted octanol–water partition coefficient (Wildman–Crippen LogP) is 20.1. The summed E-state index contributed by atoms with van der Waals surface area (Å²) in [6, 6.07) is 59.3. The Labute approximate surface area is 711 Å². The normalized spacial score (nSPS) is 21.2. The average molecular weight is 1650 g/mol. The van der Waals surface area contributed by atoms with Crippen molar-refractivity contribution in [2.24, 2.45) is 0 Å². The molecule has 12 rings (SSSR count). The van der Waals surface area contributed by atoms with E-state index in [9.17, 15) is 0 Å². The van der Waals surface area contributed by atoms with Gasteiger partial charge in [-0.25, -0.2) is 0 Å². The van der Waals surface area contributed by atoms with E-state index < -0.39 is 72.0 Å². The standard InChI is InChI=1S/C99H128O21/c1-92(2,3)67-28-36-71(37-29-67)105-58-84-88(117-96(13,14)113-84)62-109-80-51-77(52-81(55-80)110-63-89-85(114-97(15,16)118-89)59-106-72-38-30-68(31-39-72)93(4,5)6)102-46-24-44-100-75-48-76(50-79(49-75)104-57-66-26-22-21-23-27-66)101-45-25-47-103-78-53-82(111-64-90-86(115-98(17,18)119-90)60-107-73-40-32-69(33-41-73)94(7,8)9)56-83(54-78)112-65-91-87(116-99(19,20)120-91)61-108-74-42-34-70(35-43-74)95(10,11)12/h21-23,26-43,48-56,84-91H,24-25,44-47,57-65H2,1-20H3/t84-,85-,86-,87-,88-,89-,90-,91-/m0/s1. The Morgan fingerprint density at radius 2 is 0.392 bits per heavy atom. The Morgan fingerprint density at radius 1 is 0.217 bits per heavy atom. The minimum Gasteiger partial charge on any atom is -0.493 e. The molecule has 8 aromatic rings. The minimum atomic E-state index is -0.875. The largest absolute Gasteiger partial charge is 0.493 e. The second kappa shape index (κ2) is 38.9. The van der Waals surface area contributed by atoms with Crippen molar-refractivity contribution < 1.29 is 99.5 Å². The van der Waals surface area contributed by atoms with Crippen LogP contribution in [0, 0.1) is 0 Å². The van der Waals surface area contributed by atoms with E-state index in [4.69, 9.17) is 99.5 Å². The number of hydrogen-bond donors (Lipinski definition) is 0. The average Bonchev–Trinajstić information content (AvgIpc) is 1.71. The quantitative estimate of drug-likeness (QED) is 0.0330. The van der Waals surface area contributed by atoms with Crippen molar-refractivity contribution in [3.05, 3.63) is 210 Å². The molecule has 0 radical (unpaired) electrons. The molecular weight excluding hydrogens is 1530 g/mol. The third-order valence-corrected chi connectivity index (χ3v) is 20.8. The smallest absolute Gasteiger partial charge is 0.164 e. The lowest BCUT2D eigenvalue weighted by atomic mass is 9.87. The van der Waals surface area contributed by atoms with Gasteiger partial charge in [-0.1, -0.05) is 162 Å². The topological polar surface area (TPSA) is 194 Å². The molecule has 21 nitrogen and oxygen atoms in total. The van der Waals surface area contributed by atoms with Crippen LogP contribution in [0.15, 0.2) is 182 Å². The zero-order valence-corrected chi connectivity index (χ0v) is 74.1. The lowest BCUT2D eigenvalue weighted by Crippen LogP contribution is -2.34. The molecule has 4 saturated heterocycles. The number of ether oxygens (including phenoxy) is 21. The second-order valence-electron chi connectivity index (χ2n) is 37.2. The SMILES string of the molecule is CC1(C)O[C@@H](COc2ccc(C(C)(C)C)cc2)[C@H](COc2cc(OCCCOc3cc(OCCCOc4cc(OC[C@@H]5OC(C)(C)O[C@H]5COc5ccc(C(C)(C)C)cc5)cc(OC[C@@H]5OC(C)(C)O[C@H]5COc5ccc(C(C)(C)C)cc5)c4)cc(OCc4ccccc4)c3)cc(OC[C@@H]3OC(C)(C)O[C@H]3COc3ccc(C(C)(C)C)cc3)c2)O1. The third-order valence-electron chi connectivity index (χ3n) is 20.8. The monoisotopic (exact) mass is 1650 g/mol. The van der Waals surface area contributed by atoms with Crippen molar-refractivity contribution in [3.8, 4) is 74.7 Å². The fraction of sp³-hybridized carbons (Fsp3) is 0.515. The first-order valence-corrected chi connectivity index (χ1v) is 42.3. The highest BCUT2D eigenvalue weighted by atomic mass is 16.8. The molecule has 0 bridgehead atoms. The third kappa shape index (κ3) is 27.2. The molecule has 4 aliphatic heterocycles. The molecule has 8 atom stereocenters. The van der Waals surface area contributed by atoms with Crippen LogP contribution in [0.5, 0.6) is 74.7 Å². The van der Waals surface area contributed by atoms with Crippen molar-refractivity contribution in [2.45, 2.75) is 252 Å². The first kappa shape index (κ1) is 90.1. The van der Waals surface area contributed by atoms with Gasteiger partial charge in [-0.2, -0.15) is 0 Å². The second-order valence-corrected chi connectivity index (χ2v) is 37.2. The number of benzene rings is 8. The molecule has 4 aliphatic rings. The van der Waals surface area contributed by atoms with E-state index in [-0.39, 0.29) is 87.7 Å². The van der Waals surface area contributed by atoms with Gasteiger partial charge in [0.1, 0.15) is 183 Å². The Kier molecular flexibility index (Phi) is 29.2. The van der Waals surface area contributed by atoms with Crippen LogP contribution in [0.3, 0.4) is 0 Å². The summed E-state index contributed by atoms with van der Waals surface area (Å²) in [4.78, 5) is 0. The van der Waals surface area contributed by atoms with Crippen molar-refractivity contribution in [1.82, 2.24) is 0 Å². The van der Waals surface area contributed by atoms with E-state index in [1.165, 1.54) is 22.3 Å². The molecular formula is C99H128O21. The molecule has 0 spiro atoms. The van der Waals surface area contributed by atoms with Crippen LogP contribution in [0.1, 0.15) is 179 Å². The summed E-state index contributed by atoms with van der Waals surface area (Å²) in [6.07, 6.45) is -2.60. The summed E-state index contributed by atoms with van der Waals surface area (Å²) in [5.74, 6) is 4.18. The Hall–Kier alpha value is -9.16. The van der Waals surface area contributed by atoms with E-state index in [0.717, 1.165) is 28.6 Å². The summed E-state index contributed by atoms with van der Waals surface area (Å²) in [6.45, 7) is 44.5. The lowest BCUT2D eigenvalue weighted by Gasteiger charge is -2.21. The van der Waals surface area contributed by atoms with Crippen LogP contribution >= 0.6 is 0 Å². The lowest BCUT2D eigenvalue weighted by molar-refractivity contribution is -0.150. The Balaban J connectivity index is 0.695. The van der Waals surface area contributed by atoms with Crippen molar-refractivity contribution in [3.63, 3.8) is 0 Å². The van der Waals surface area contributed by atoms with Gasteiger partial charge in [0.05, 0.1) is 26.4 Å². The van der Waals surface area contributed by atoms with E-state index >= 15 is 0 Å². The molecule has 120 heavy (non-hydrogen) atoms. The van der Waals surface area contributed by atoms with E-state index in [1.807, 2.05) is 189 Å². The van der Waals surface area contributed by atoms with E-state index in [0.29, 0.717) is 84.4 Å². The maximum absolute atomic E-state index is 6.59. The highest BCUT2D eigenvalue weighted by Gasteiger charge is 2.46. The van der Waals surface area contributed by atoms with Gasteiger partial charge >= 0.3 is 0 Å². The van der Waals surface area contributed by atoms with Crippen LogP contribution in [0.4, 0.5) is 0 Å². The van der Waals surface area contributed by atoms with Gasteiger partial charge in [-0.05, 0) is 153 Å². The van der Waals surface area contributed by atoms with Crippen LogP contribution in [-0.4, -0.2) is 151 Å². The molecule has 0 aromatic heterocycles. The van der Waals surface area contributed by atoms with Gasteiger partial charge in [0, 0.05) is 67.4 Å². The first-order valence-electron chi connectivity index (χ1n) is 42.3. The highest BCUT2D eigenvalue weighted by molar-refractivity contribution is 5.45. The molecule has 0 N–H and O–H groups in total. The molecule has 8 aromatic carbocycles. The summed E-state index contributed by atoms with van der Waals surface area (Å²) in [5, 5.41) is 0. The molecule has 0 aliphatic carbocycles. The summed E-state index contributed by atoms with van der Waals surface area (Å²) in [7, 11) is 0. The molecule has 0 saturated carbocycles. The van der Waals surface area contributed by atoms with Gasteiger partial charge in [-0.3, -0.25) is 0 Å². The van der Waals surface area contributed by atoms with Crippen LogP contribution < -0.4 is 61.6 Å². The van der Waals surface area contributed by atoms with Gasteiger partial charge in [-0.15, -0.1) is 0 Å². The van der Waals surface area contributed by atoms with Crippen molar-refractivity contribution in [2.75, 3.05) is 79.3 Å². The maximum atomic E-state index is 6.59. The van der Waals surface area contributed by atoms with E-state index in [2.05, 4.69) is 132 Å². The zero-order chi connectivity index (χ0) is 85.7. The first-order chi connectivity index (χ1) is 56.8. The summed E-state index contributed by atoms with van der Waals surface area (Å²) < 4.78 is 135. The van der Waals surface area contributed by atoms with Gasteiger partial charge < -0.3 is 99.5 Å². The molecule has 0 unspecified atom stereocenters. The van der Waals surface area contributed by atoms with Crippen molar-refractivity contribution >= 4 is 0 Å². The van der Waals surface area contributed by atoms with Crippen molar-refractivity contribution in [1.29, 1.82) is 0 Å². The highest BCUT2D eigenvalue weighted by Crippen LogP contribution is 2.40. The summed E-state index contributed by atoms with van der Waals surface area (Å²) >= 11 is 0. The molecule has 4 heterocycles. The predicted molar refractivity (Wildman–Crippen MR) is 461 cm³/mol.